The number of nitrogens with one attached hydrogen (secondary N) is 1. The Labute approximate surface area is 97.2 Å². The van der Waals surface area contributed by atoms with Crippen LogP contribution in [-0.2, 0) is 12.6 Å². The highest BCUT2D eigenvalue weighted by atomic mass is 19.4. The Balaban J connectivity index is 1.97. The first-order valence-corrected chi connectivity index (χ1v) is 5.86. The van der Waals surface area contributed by atoms with Crippen molar-refractivity contribution in [3.63, 3.8) is 0 Å². The molecule has 0 bridgehead atoms. The molecule has 1 saturated heterocycles. The summed E-state index contributed by atoms with van der Waals surface area (Å²) in [5.74, 6) is 0.426. The second-order valence-electron chi connectivity index (χ2n) is 4.77. The largest absolute Gasteiger partial charge is 0.433 e. The summed E-state index contributed by atoms with van der Waals surface area (Å²) in [5, 5.41) is 3.37. The number of halogens is 3. The molecule has 17 heavy (non-hydrogen) atoms. The fourth-order valence-electron chi connectivity index (χ4n) is 2.90. The van der Waals surface area contributed by atoms with E-state index in [9.17, 15) is 13.2 Å². The molecule has 92 valence electrons. The van der Waals surface area contributed by atoms with Crippen molar-refractivity contribution in [3.8, 4) is 0 Å². The molecule has 0 spiro atoms. The van der Waals surface area contributed by atoms with E-state index in [0.717, 1.165) is 31.0 Å². The number of nitrogens with zero attached hydrogens (tertiary/aromatic N) is 1. The predicted octanol–water partition coefficient (Wildman–Crippen LogP) is 2.70. The minimum Gasteiger partial charge on any atom is -0.310 e. The van der Waals surface area contributed by atoms with Gasteiger partial charge in [-0.05, 0) is 43.4 Å². The quantitative estimate of drug-likeness (QED) is 0.756. The molecule has 1 aliphatic carbocycles. The van der Waals surface area contributed by atoms with Crippen LogP contribution in [0.3, 0.4) is 0 Å². The summed E-state index contributed by atoms with van der Waals surface area (Å²) in [4.78, 5) is 3.78. The minimum absolute atomic E-state index is 0.216. The number of hydrogen-bond acceptors (Lipinski definition) is 2. The van der Waals surface area contributed by atoms with E-state index < -0.39 is 11.9 Å². The summed E-state index contributed by atoms with van der Waals surface area (Å²) in [7, 11) is 0. The fourth-order valence-corrected chi connectivity index (χ4v) is 2.90. The lowest BCUT2D eigenvalue weighted by molar-refractivity contribution is -0.141. The zero-order chi connectivity index (χ0) is 12.0. The Bertz CT molecular complexity index is 442. The third-order valence-corrected chi connectivity index (χ3v) is 3.68. The smallest absolute Gasteiger partial charge is 0.310 e. The number of hydrogen-bond donors (Lipinski definition) is 1. The molecular formula is C12H13F3N2. The van der Waals surface area contributed by atoms with Crippen molar-refractivity contribution < 1.29 is 13.2 Å². The first kappa shape index (κ1) is 11.0. The molecule has 0 aromatic carbocycles. The second kappa shape index (κ2) is 3.70. The van der Waals surface area contributed by atoms with E-state index in [2.05, 4.69) is 10.3 Å². The number of piperidine rings is 1. The average Bonchev–Trinajstić information content (AvgIpc) is 2.65. The molecule has 2 nitrogen and oxygen atoms in total. The molecule has 3 rings (SSSR count). The van der Waals surface area contributed by atoms with E-state index in [1.807, 2.05) is 0 Å². The van der Waals surface area contributed by atoms with Gasteiger partial charge in [0.25, 0.3) is 0 Å². The van der Waals surface area contributed by atoms with E-state index in [1.54, 1.807) is 6.07 Å². The van der Waals surface area contributed by atoms with Crippen molar-refractivity contribution in [1.29, 1.82) is 0 Å². The monoisotopic (exact) mass is 242 g/mol. The van der Waals surface area contributed by atoms with Crippen molar-refractivity contribution in [1.82, 2.24) is 10.3 Å². The van der Waals surface area contributed by atoms with Crippen LogP contribution in [0.1, 0.15) is 35.8 Å². The molecule has 0 radical (unpaired) electrons. The first-order chi connectivity index (χ1) is 8.05. The van der Waals surface area contributed by atoms with Gasteiger partial charge in [0.1, 0.15) is 5.69 Å². The van der Waals surface area contributed by atoms with Crippen LogP contribution in [-0.4, -0.2) is 11.5 Å². The predicted molar refractivity (Wildman–Crippen MR) is 56.4 cm³/mol. The SMILES string of the molecule is FC(F)(F)c1ccc2c(n1)CC1CCCNC21. The molecule has 1 aromatic heterocycles. The normalized spacial score (nSPS) is 27.7. The van der Waals surface area contributed by atoms with Crippen molar-refractivity contribution in [2.45, 2.75) is 31.5 Å². The Morgan fingerprint density at radius 2 is 2.12 bits per heavy atom. The van der Waals surface area contributed by atoms with Gasteiger partial charge in [-0.3, -0.25) is 0 Å². The third-order valence-electron chi connectivity index (χ3n) is 3.68. The van der Waals surface area contributed by atoms with Gasteiger partial charge in [0.15, 0.2) is 0 Å². The summed E-state index contributed by atoms with van der Waals surface area (Å²) in [5.41, 5.74) is 0.821. The molecule has 1 fully saturated rings. The molecule has 2 unspecified atom stereocenters. The molecule has 0 saturated carbocycles. The zero-order valence-electron chi connectivity index (χ0n) is 9.22. The number of alkyl halides is 3. The van der Waals surface area contributed by atoms with Gasteiger partial charge in [0.2, 0.25) is 0 Å². The maximum Gasteiger partial charge on any atom is 0.433 e. The fraction of sp³-hybridized carbons (Fsp3) is 0.583. The van der Waals surface area contributed by atoms with Crippen molar-refractivity contribution in [2.75, 3.05) is 6.54 Å². The summed E-state index contributed by atoms with van der Waals surface area (Å²) in [6, 6.07) is 2.90. The van der Waals surface area contributed by atoms with Gasteiger partial charge in [0, 0.05) is 11.7 Å². The number of aromatic nitrogens is 1. The first-order valence-electron chi connectivity index (χ1n) is 5.86. The van der Waals surface area contributed by atoms with Crippen LogP contribution in [0.15, 0.2) is 12.1 Å². The highest BCUT2D eigenvalue weighted by Gasteiger charge is 2.38. The highest BCUT2D eigenvalue weighted by Crippen LogP contribution is 2.41. The third kappa shape index (κ3) is 1.82. The highest BCUT2D eigenvalue weighted by molar-refractivity contribution is 5.33. The molecule has 1 N–H and O–H groups in total. The summed E-state index contributed by atoms with van der Waals surface area (Å²) in [6.45, 7) is 0.946. The van der Waals surface area contributed by atoms with Crippen LogP contribution in [0.2, 0.25) is 0 Å². The minimum atomic E-state index is -4.34. The Kier molecular flexibility index (Phi) is 2.40. The van der Waals surface area contributed by atoms with Crippen LogP contribution >= 0.6 is 0 Å². The second-order valence-corrected chi connectivity index (χ2v) is 4.77. The van der Waals surface area contributed by atoms with Crippen molar-refractivity contribution >= 4 is 0 Å². The van der Waals surface area contributed by atoms with E-state index in [-0.39, 0.29) is 6.04 Å². The van der Waals surface area contributed by atoms with Gasteiger partial charge >= 0.3 is 6.18 Å². The Morgan fingerprint density at radius 1 is 1.29 bits per heavy atom. The molecule has 2 atom stereocenters. The summed E-state index contributed by atoms with van der Waals surface area (Å²) >= 11 is 0. The van der Waals surface area contributed by atoms with Crippen LogP contribution in [0, 0.1) is 5.92 Å². The standard InChI is InChI=1S/C12H13F3N2/c13-12(14,15)10-4-3-8-9(17-10)6-7-2-1-5-16-11(7)8/h3-4,7,11,16H,1-2,5-6H2. The number of pyridine rings is 1. The molecule has 0 amide bonds. The summed E-state index contributed by atoms with van der Waals surface area (Å²) < 4.78 is 37.6. The zero-order valence-corrected chi connectivity index (χ0v) is 9.22. The maximum absolute atomic E-state index is 12.5. The number of rotatable bonds is 0. The van der Waals surface area contributed by atoms with Gasteiger partial charge < -0.3 is 5.32 Å². The lowest BCUT2D eigenvalue weighted by Gasteiger charge is -2.26. The van der Waals surface area contributed by atoms with E-state index in [4.69, 9.17) is 0 Å². The van der Waals surface area contributed by atoms with E-state index in [0.29, 0.717) is 18.0 Å². The van der Waals surface area contributed by atoms with Crippen LogP contribution in [0.4, 0.5) is 13.2 Å². The molecule has 5 heteroatoms. The molecular weight excluding hydrogens is 229 g/mol. The number of fused-ring (bicyclic) bond motifs is 3. The Morgan fingerprint density at radius 3 is 2.88 bits per heavy atom. The van der Waals surface area contributed by atoms with Gasteiger partial charge in [-0.2, -0.15) is 13.2 Å². The summed E-state index contributed by atoms with van der Waals surface area (Å²) in [6.07, 6.45) is -1.48. The Hall–Kier alpha value is -1.10. The molecule has 2 aliphatic rings. The lowest BCUT2D eigenvalue weighted by atomic mass is 9.92. The molecule has 1 aromatic rings. The van der Waals surface area contributed by atoms with Gasteiger partial charge in [-0.25, -0.2) is 4.98 Å². The van der Waals surface area contributed by atoms with Crippen LogP contribution < -0.4 is 5.32 Å². The van der Waals surface area contributed by atoms with Gasteiger partial charge in [-0.1, -0.05) is 6.07 Å². The van der Waals surface area contributed by atoms with Crippen LogP contribution in [0.25, 0.3) is 0 Å². The average molecular weight is 242 g/mol. The molecule has 1 aliphatic heterocycles. The van der Waals surface area contributed by atoms with E-state index >= 15 is 0 Å². The topological polar surface area (TPSA) is 24.9 Å². The van der Waals surface area contributed by atoms with Gasteiger partial charge in [0.05, 0.1) is 0 Å². The van der Waals surface area contributed by atoms with Crippen molar-refractivity contribution in [2.24, 2.45) is 5.92 Å². The lowest BCUT2D eigenvalue weighted by Crippen LogP contribution is -2.31. The van der Waals surface area contributed by atoms with Crippen LogP contribution in [0.5, 0.6) is 0 Å². The van der Waals surface area contributed by atoms with E-state index in [1.165, 1.54) is 0 Å². The maximum atomic E-state index is 12.5. The van der Waals surface area contributed by atoms with Gasteiger partial charge in [-0.15, -0.1) is 0 Å². The molecule has 2 heterocycles. The van der Waals surface area contributed by atoms with Crippen molar-refractivity contribution in [3.05, 3.63) is 29.1 Å².